The number of rotatable bonds is 3. The first-order valence-corrected chi connectivity index (χ1v) is 9.30. The average Bonchev–Trinajstić information content (AvgIpc) is 3.17. The van der Waals surface area contributed by atoms with Gasteiger partial charge in [0.2, 0.25) is 0 Å². The van der Waals surface area contributed by atoms with Crippen molar-refractivity contribution in [2.45, 2.75) is 13.5 Å². The third kappa shape index (κ3) is 2.99. The molecule has 0 N–H and O–H groups in total. The summed E-state index contributed by atoms with van der Waals surface area (Å²) in [4.78, 5) is 17.9. The Hall–Kier alpha value is -3.80. The topological polar surface area (TPSA) is 52.2 Å². The molecule has 0 aliphatic rings. The first-order chi connectivity index (χ1) is 14.1. The second kappa shape index (κ2) is 6.67. The molecule has 142 valence electrons. The van der Waals surface area contributed by atoms with Gasteiger partial charge in [0, 0.05) is 10.9 Å². The zero-order chi connectivity index (χ0) is 20.0. The minimum Gasteiger partial charge on any atom is -0.287 e. The number of aryl methyl sites for hydroxylation is 1. The molecule has 0 aliphatic carbocycles. The highest BCUT2D eigenvalue weighted by molar-refractivity contribution is 5.92. The monoisotopic (exact) mass is 384 g/mol. The maximum absolute atomic E-state index is 13.6. The smallest absolute Gasteiger partial charge is 0.287 e. The molecule has 0 saturated carbocycles. The molecule has 0 aliphatic heterocycles. The average molecular weight is 384 g/mol. The molecule has 2 aromatic heterocycles. The van der Waals surface area contributed by atoms with E-state index in [-0.39, 0.29) is 18.1 Å². The molecule has 0 amide bonds. The molecule has 3 aromatic carbocycles. The Labute approximate surface area is 165 Å². The predicted octanol–water partition coefficient (Wildman–Crippen LogP) is 4.21. The van der Waals surface area contributed by atoms with Gasteiger partial charge in [-0.1, -0.05) is 48.0 Å². The SMILES string of the molecule is Cc1cccc(-c2nc3c4ccccc4n(Cc4cccc(F)c4)c(=O)n3n2)c1. The molecule has 0 bridgehead atoms. The summed E-state index contributed by atoms with van der Waals surface area (Å²) in [5, 5.41) is 5.31. The van der Waals surface area contributed by atoms with E-state index in [9.17, 15) is 9.18 Å². The summed E-state index contributed by atoms with van der Waals surface area (Å²) < 4.78 is 16.6. The Kier molecular flexibility index (Phi) is 3.98. The van der Waals surface area contributed by atoms with Gasteiger partial charge < -0.3 is 0 Å². The lowest BCUT2D eigenvalue weighted by Gasteiger charge is -2.11. The van der Waals surface area contributed by atoms with Crippen LogP contribution in [-0.4, -0.2) is 19.2 Å². The minimum absolute atomic E-state index is 0.243. The first kappa shape index (κ1) is 17.3. The number of benzene rings is 3. The van der Waals surface area contributed by atoms with Crippen LogP contribution < -0.4 is 5.69 Å². The molecular weight excluding hydrogens is 367 g/mol. The summed E-state index contributed by atoms with van der Waals surface area (Å²) in [6, 6.07) is 21.7. The zero-order valence-electron chi connectivity index (χ0n) is 15.7. The van der Waals surface area contributed by atoms with Gasteiger partial charge in [-0.05, 0) is 42.8 Å². The van der Waals surface area contributed by atoms with E-state index in [0.29, 0.717) is 17.0 Å². The van der Waals surface area contributed by atoms with Crippen LogP contribution in [0.2, 0.25) is 0 Å². The van der Waals surface area contributed by atoms with Gasteiger partial charge in [-0.2, -0.15) is 4.52 Å². The Morgan fingerprint density at radius 3 is 2.62 bits per heavy atom. The molecule has 0 spiro atoms. The van der Waals surface area contributed by atoms with Crippen LogP contribution in [0.25, 0.3) is 27.9 Å². The van der Waals surface area contributed by atoms with Crippen molar-refractivity contribution in [2.24, 2.45) is 0 Å². The van der Waals surface area contributed by atoms with Crippen LogP contribution in [0, 0.1) is 12.7 Å². The fraction of sp³-hybridized carbons (Fsp3) is 0.0870. The largest absolute Gasteiger partial charge is 0.351 e. The van der Waals surface area contributed by atoms with Crippen molar-refractivity contribution in [2.75, 3.05) is 0 Å². The second-order valence-electron chi connectivity index (χ2n) is 7.06. The van der Waals surface area contributed by atoms with Crippen molar-refractivity contribution in [3.8, 4) is 11.4 Å². The molecule has 29 heavy (non-hydrogen) atoms. The van der Waals surface area contributed by atoms with Crippen molar-refractivity contribution in [3.63, 3.8) is 0 Å². The first-order valence-electron chi connectivity index (χ1n) is 9.30. The second-order valence-corrected chi connectivity index (χ2v) is 7.06. The molecule has 0 fully saturated rings. The van der Waals surface area contributed by atoms with Crippen molar-refractivity contribution in [1.29, 1.82) is 0 Å². The van der Waals surface area contributed by atoms with E-state index in [1.165, 1.54) is 16.6 Å². The number of hydrogen-bond acceptors (Lipinski definition) is 3. The van der Waals surface area contributed by atoms with Gasteiger partial charge in [-0.3, -0.25) is 4.57 Å². The number of halogens is 1. The molecule has 0 saturated heterocycles. The van der Waals surface area contributed by atoms with Crippen LogP contribution in [-0.2, 0) is 6.54 Å². The summed E-state index contributed by atoms with van der Waals surface area (Å²) in [6.07, 6.45) is 0. The molecular formula is C23H17FN4O. The number of hydrogen-bond donors (Lipinski definition) is 0. The van der Waals surface area contributed by atoms with E-state index < -0.39 is 0 Å². The van der Waals surface area contributed by atoms with Gasteiger partial charge in [-0.15, -0.1) is 5.10 Å². The fourth-order valence-corrected chi connectivity index (χ4v) is 3.61. The molecule has 0 radical (unpaired) electrons. The van der Waals surface area contributed by atoms with E-state index in [1.807, 2.05) is 55.5 Å². The maximum Gasteiger partial charge on any atom is 0.351 e. The quantitative estimate of drug-likeness (QED) is 0.468. The molecule has 6 heteroatoms. The van der Waals surface area contributed by atoms with Gasteiger partial charge in [0.05, 0.1) is 12.1 Å². The van der Waals surface area contributed by atoms with Crippen LogP contribution in [0.3, 0.4) is 0 Å². The Morgan fingerprint density at radius 2 is 1.79 bits per heavy atom. The summed E-state index contributed by atoms with van der Waals surface area (Å²) in [6.45, 7) is 2.24. The van der Waals surface area contributed by atoms with Gasteiger partial charge in [0.15, 0.2) is 11.5 Å². The van der Waals surface area contributed by atoms with E-state index in [4.69, 9.17) is 0 Å². The lowest BCUT2D eigenvalue weighted by Crippen LogP contribution is -2.28. The molecule has 0 unspecified atom stereocenters. The zero-order valence-corrected chi connectivity index (χ0v) is 15.7. The highest BCUT2D eigenvalue weighted by Gasteiger charge is 2.16. The van der Waals surface area contributed by atoms with E-state index >= 15 is 0 Å². The fourth-order valence-electron chi connectivity index (χ4n) is 3.61. The lowest BCUT2D eigenvalue weighted by molar-refractivity contribution is 0.622. The van der Waals surface area contributed by atoms with Crippen molar-refractivity contribution in [3.05, 3.63) is 100 Å². The summed E-state index contributed by atoms with van der Waals surface area (Å²) >= 11 is 0. The van der Waals surface area contributed by atoms with Gasteiger partial charge in [-0.25, -0.2) is 14.2 Å². The van der Waals surface area contributed by atoms with Crippen molar-refractivity contribution < 1.29 is 4.39 Å². The van der Waals surface area contributed by atoms with Crippen molar-refractivity contribution >= 4 is 16.6 Å². The molecule has 5 nitrogen and oxygen atoms in total. The number of fused-ring (bicyclic) bond motifs is 3. The molecule has 5 aromatic rings. The Balaban J connectivity index is 1.77. The third-order valence-electron chi connectivity index (χ3n) is 4.96. The normalized spacial score (nSPS) is 11.4. The minimum atomic E-state index is -0.330. The summed E-state index contributed by atoms with van der Waals surface area (Å²) in [5.74, 6) is 0.169. The molecule has 0 atom stereocenters. The van der Waals surface area contributed by atoms with Crippen molar-refractivity contribution in [1.82, 2.24) is 19.2 Å². The van der Waals surface area contributed by atoms with Gasteiger partial charge in [0.25, 0.3) is 0 Å². The lowest BCUT2D eigenvalue weighted by atomic mass is 10.1. The summed E-state index contributed by atoms with van der Waals surface area (Å²) in [5.41, 5.74) is 3.59. The molecule has 5 rings (SSSR count). The van der Waals surface area contributed by atoms with Crippen LogP contribution in [0.5, 0.6) is 0 Å². The third-order valence-corrected chi connectivity index (χ3v) is 4.96. The number of para-hydroxylation sites is 1. The standard InChI is InChI=1S/C23H17FN4O/c1-15-6-4-8-17(12-15)21-25-22-19-10-2-3-11-20(19)27(23(29)28(22)26-21)14-16-7-5-9-18(24)13-16/h2-13H,14H2,1H3. The van der Waals surface area contributed by atoms with Crippen LogP contribution >= 0.6 is 0 Å². The predicted molar refractivity (Wildman–Crippen MR) is 110 cm³/mol. The van der Waals surface area contributed by atoms with Crippen LogP contribution in [0.15, 0.2) is 77.6 Å². The van der Waals surface area contributed by atoms with E-state index in [1.54, 1.807) is 16.7 Å². The molecule has 2 heterocycles. The van der Waals surface area contributed by atoms with E-state index in [0.717, 1.165) is 22.0 Å². The van der Waals surface area contributed by atoms with Crippen LogP contribution in [0.1, 0.15) is 11.1 Å². The number of nitrogens with zero attached hydrogens (tertiary/aromatic N) is 4. The number of aromatic nitrogens is 4. The van der Waals surface area contributed by atoms with Gasteiger partial charge >= 0.3 is 5.69 Å². The van der Waals surface area contributed by atoms with Gasteiger partial charge in [0.1, 0.15) is 5.82 Å². The summed E-state index contributed by atoms with van der Waals surface area (Å²) in [7, 11) is 0. The highest BCUT2D eigenvalue weighted by atomic mass is 19.1. The highest BCUT2D eigenvalue weighted by Crippen LogP contribution is 2.22. The Bertz CT molecular complexity index is 1430. The van der Waals surface area contributed by atoms with Crippen LogP contribution in [0.4, 0.5) is 4.39 Å². The van der Waals surface area contributed by atoms with E-state index in [2.05, 4.69) is 10.1 Å². The Morgan fingerprint density at radius 1 is 0.966 bits per heavy atom. The maximum atomic E-state index is 13.6.